The Morgan fingerprint density at radius 2 is 2.25 bits per heavy atom. The van der Waals surface area contributed by atoms with Gasteiger partial charge in [0.25, 0.3) is 0 Å². The van der Waals surface area contributed by atoms with Crippen LogP contribution >= 0.6 is 11.6 Å². The molecule has 1 aliphatic carbocycles. The van der Waals surface area contributed by atoms with Crippen molar-refractivity contribution in [2.45, 2.75) is 44.3 Å². The van der Waals surface area contributed by atoms with Gasteiger partial charge in [-0.2, -0.15) is 0 Å². The minimum Gasteiger partial charge on any atom is -0.490 e. The minimum atomic E-state index is -0.492. The van der Waals surface area contributed by atoms with E-state index in [4.69, 9.17) is 16.3 Å². The lowest BCUT2D eigenvalue weighted by Crippen LogP contribution is -2.12. The van der Waals surface area contributed by atoms with Crippen LogP contribution in [0.2, 0.25) is 5.02 Å². The van der Waals surface area contributed by atoms with Crippen molar-refractivity contribution in [2.75, 3.05) is 0 Å². The predicted octanol–water partition coefficient (Wildman–Crippen LogP) is 2.73. The summed E-state index contributed by atoms with van der Waals surface area (Å²) in [5.74, 6) is 0.956. The highest BCUT2D eigenvalue weighted by Gasteiger charge is 2.41. The SMILES string of the molecule is CC1Cc2cc(Cl)cc(CC3(O)CC3)c2O1. The Kier molecular flexibility index (Phi) is 2.20. The van der Waals surface area contributed by atoms with Gasteiger partial charge in [-0.15, -0.1) is 0 Å². The first-order valence-electron chi connectivity index (χ1n) is 5.76. The standard InChI is InChI=1S/C13H15ClO2/c1-8-4-9-5-11(14)6-10(12(9)16-8)7-13(15)2-3-13/h5-6,8,15H,2-4,7H2,1H3. The van der Waals surface area contributed by atoms with Crippen molar-refractivity contribution in [1.29, 1.82) is 0 Å². The molecule has 0 amide bonds. The third-order valence-corrected chi connectivity index (χ3v) is 3.60. The summed E-state index contributed by atoms with van der Waals surface area (Å²) in [4.78, 5) is 0. The molecule has 0 radical (unpaired) electrons. The van der Waals surface area contributed by atoms with Crippen LogP contribution in [0.1, 0.15) is 30.9 Å². The normalized spacial score (nSPS) is 25.1. The summed E-state index contributed by atoms with van der Waals surface area (Å²) in [6, 6.07) is 3.90. The highest BCUT2D eigenvalue weighted by Crippen LogP contribution is 2.43. The van der Waals surface area contributed by atoms with Crippen LogP contribution in [0.5, 0.6) is 5.75 Å². The Hall–Kier alpha value is -0.730. The molecular formula is C13H15ClO2. The minimum absolute atomic E-state index is 0.223. The van der Waals surface area contributed by atoms with Crippen molar-refractivity contribution in [3.63, 3.8) is 0 Å². The third kappa shape index (κ3) is 1.80. The molecule has 1 heterocycles. The van der Waals surface area contributed by atoms with Gasteiger partial charge in [-0.05, 0) is 43.0 Å². The highest BCUT2D eigenvalue weighted by molar-refractivity contribution is 6.30. The van der Waals surface area contributed by atoms with Gasteiger partial charge in [-0.1, -0.05) is 11.6 Å². The Morgan fingerprint density at radius 1 is 1.50 bits per heavy atom. The van der Waals surface area contributed by atoms with E-state index >= 15 is 0 Å². The molecule has 1 aromatic carbocycles. The van der Waals surface area contributed by atoms with E-state index in [9.17, 15) is 5.11 Å². The van der Waals surface area contributed by atoms with Gasteiger partial charge in [-0.25, -0.2) is 0 Å². The van der Waals surface area contributed by atoms with Gasteiger partial charge in [0, 0.05) is 17.9 Å². The molecule has 3 rings (SSSR count). The van der Waals surface area contributed by atoms with Crippen LogP contribution in [0.25, 0.3) is 0 Å². The van der Waals surface area contributed by atoms with Gasteiger partial charge in [0.05, 0.1) is 5.60 Å². The molecule has 0 saturated heterocycles. The fourth-order valence-electron chi connectivity index (χ4n) is 2.37. The van der Waals surface area contributed by atoms with E-state index in [0.29, 0.717) is 6.42 Å². The smallest absolute Gasteiger partial charge is 0.126 e. The number of ether oxygens (including phenoxy) is 1. The zero-order valence-corrected chi connectivity index (χ0v) is 10.0. The van der Waals surface area contributed by atoms with Gasteiger partial charge in [-0.3, -0.25) is 0 Å². The van der Waals surface area contributed by atoms with Gasteiger partial charge in [0.2, 0.25) is 0 Å². The van der Waals surface area contributed by atoms with E-state index in [1.54, 1.807) is 0 Å². The van der Waals surface area contributed by atoms with Gasteiger partial charge < -0.3 is 9.84 Å². The molecule has 86 valence electrons. The Balaban J connectivity index is 1.98. The zero-order valence-electron chi connectivity index (χ0n) is 9.29. The van der Waals surface area contributed by atoms with Crippen LogP contribution < -0.4 is 4.74 Å². The molecule has 0 bridgehead atoms. The van der Waals surface area contributed by atoms with E-state index in [0.717, 1.165) is 35.6 Å². The number of halogens is 1. The lowest BCUT2D eigenvalue weighted by molar-refractivity contribution is 0.149. The fourth-order valence-corrected chi connectivity index (χ4v) is 2.64. The number of rotatable bonds is 2. The van der Waals surface area contributed by atoms with Crippen LogP contribution in [0.4, 0.5) is 0 Å². The first kappa shape index (κ1) is 10.4. The molecule has 1 unspecified atom stereocenters. The Morgan fingerprint density at radius 3 is 2.94 bits per heavy atom. The lowest BCUT2D eigenvalue weighted by Gasteiger charge is -2.13. The predicted molar refractivity (Wildman–Crippen MR) is 63.1 cm³/mol. The summed E-state index contributed by atoms with van der Waals surface area (Å²) in [5, 5.41) is 10.7. The average molecular weight is 239 g/mol. The second kappa shape index (κ2) is 3.38. The number of hydrogen-bond donors (Lipinski definition) is 1. The first-order valence-corrected chi connectivity index (χ1v) is 6.14. The maximum absolute atomic E-state index is 9.97. The van der Waals surface area contributed by atoms with Crippen molar-refractivity contribution < 1.29 is 9.84 Å². The molecule has 1 aliphatic heterocycles. The van der Waals surface area contributed by atoms with E-state index in [2.05, 4.69) is 6.92 Å². The van der Waals surface area contributed by atoms with E-state index < -0.39 is 5.60 Å². The molecule has 0 spiro atoms. The summed E-state index contributed by atoms with van der Waals surface area (Å²) in [5.41, 5.74) is 1.75. The zero-order chi connectivity index (χ0) is 11.3. The second-order valence-electron chi connectivity index (χ2n) is 5.09. The number of fused-ring (bicyclic) bond motifs is 1. The number of hydrogen-bond acceptors (Lipinski definition) is 2. The van der Waals surface area contributed by atoms with Crippen molar-refractivity contribution in [3.05, 3.63) is 28.3 Å². The fraction of sp³-hybridized carbons (Fsp3) is 0.538. The van der Waals surface area contributed by atoms with Crippen LogP contribution in [-0.4, -0.2) is 16.8 Å². The molecule has 1 N–H and O–H groups in total. The maximum atomic E-state index is 9.97. The van der Waals surface area contributed by atoms with Crippen LogP contribution in [0.3, 0.4) is 0 Å². The summed E-state index contributed by atoms with van der Waals surface area (Å²) in [6.45, 7) is 2.06. The summed E-state index contributed by atoms with van der Waals surface area (Å²) < 4.78 is 5.80. The maximum Gasteiger partial charge on any atom is 0.126 e. The van der Waals surface area contributed by atoms with Crippen molar-refractivity contribution >= 4 is 11.6 Å². The van der Waals surface area contributed by atoms with Gasteiger partial charge in [0.1, 0.15) is 11.9 Å². The molecule has 1 atom stereocenters. The molecular weight excluding hydrogens is 224 g/mol. The largest absolute Gasteiger partial charge is 0.490 e. The molecule has 2 aliphatic rings. The third-order valence-electron chi connectivity index (χ3n) is 3.38. The van der Waals surface area contributed by atoms with Crippen molar-refractivity contribution in [2.24, 2.45) is 0 Å². The molecule has 1 saturated carbocycles. The Bertz CT molecular complexity index is 438. The quantitative estimate of drug-likeness (QED) is 0.859. The summed E-state index contributed by atoms with van der Waals surface area (Å²) in [7, 11) is 0. The monoisotopic (exact) mass is 238 g/mol. The summed E-state index contributed by atoms with van der Waals surface area (Å²) in [6.07, 6.45) is 3.60. The second-order valence-corrected chi connectivity index (χ2v) is 5.52. The topological polar surface area (TPSA) is 29.5 Å². The van der Waals surface area contributed by atoms with E-state index in [1.165, 1.54) is 5.56 Å². The van der Waals surface area contributed by atoms with Crippen molar-refractivity contribution in [1.82, 2.24) is 0 Å². The molecule has 3 heteroatoms. The molecule has 16 heavy (non-hydrogen) atoms. The van der Waals surface area contributed by atoms with Crippen LogP contribution in [-0.2, 0) is 12.8 Å². The van der Waals surface area contributed by atoms with E-state index in [1.807, 2.05) is 12.1 Å². The van der Waals surface area contributed by atoms with Crippen LogP contribution in [0.15, 0.2) is 12.1 Å². The Labute approximate surface area is 100 Å². The lowest BCUT2D eigenvalue weighted by atomic mass is 10.0. The number of aliphatic hydroxyl groups is 1. The van der Waals surface area contributed by atoms with Gasteiger partial charge in [0.15, 0.2) is 0 Å². The number of benzene rings is 1. The molecule has 1 aromatic rings. The van der Waals surface area contributed by atoms with Crippen molar-refractivity contribution in [3.8, 4) is 5.75 Å². The highest BCUT2D eigenvalue weighted by atomic mass is 35.5. The first-order chi connectivity index (χ1) is 7.56. The molecule has 2 nitrogen and oxygen atoms in total. The van der Waals surface area contributed by atoms with Gasteiger partial charge >= 0.3 is 0 Å². The molecule has 1 fully saturated rings. The van der Waals surface area contributed by atoms with Crippen LogP contribution in [0, 0.1) is 0 Å². The van der Waals surface area contributed by atoms with E-state index in [-0.39, 0.29) is 6.10 Å². The summed E-state index contributed by atoms with van der Waals surface area (Å²) >= 11 is 6.09. The average Bonchev–Trinajstić information content (AvgIpc) is 2.76. The molecule has 0 aromatic heterocycles.